The summed E-state index contributed by atoms with van der Waals surface area (Å²) in [6.07, 6.45) is 0.934. The van der Waals surface area contributed by atoms with Crippen molar-refractivity contribution in [2.75, 3.05) is 19.6 Å². The van der Waals surface area contributed by atoms with Crippen molar-refractivity contribution in [1.29, 1.82) is 0 Å². The van der Waals surface area contributed by atoms with Crippen LogP contribution in [0, 0.1) is 5.92 Å². The number of rotatable bonds is 7. The van der Waals surface area contributed by atoms with Crippen molar-refractivity contribution in [3.63, 3.8) is 0 Å². The Kier molecular flexibility index (Phi) is 7.71. The number of hydrogen-bond donors (Lipinski definition) is 2. The van der Waals surface area contributed by atoms with Gasteiger partial charge in [-0.3, -0.25) is 4.79 Å². The van der Waals surface area contributed by atoms with Crippen LogP contribution in [0.3, 0.4) is 0 Å². The van der Waals surface area contributed by atoms with E-state index in [-0.39, 0.29) is 17.9 Å². The lowest BCUT2D eigenvalue weighted by Gasteiger charge is -2.20. The molecule has 6 nitrogen and oxygen atoms in total. The molecule has 160 valence electrons. The van der Waals surface area contributed by atoms with Crippen LogP contribution < -0.4 is 15.4 Å². The number of carbonyl (C=O) groups is 1. The fraction of sp³-hybridized carbons (Fsp3) is 0.417. The molecular formula is C24H32N4O2. The number of likely N-dealkylation sites (tertiary alicyclic amines) is 1. The Bertz CT molecular complexity index is 851. The molecule has 1 aliphatic heterocycles. The second-order valence-corrected chi connectivity index (χ2v) is 7.83. The molecular weight excluding hydrogens is 376 g/mol. The summed E-state index contributed by atoms with van der Waals surface area (Å²) in [7, 11) is 0. The molecule has 30 heavy (non-hydrogen) atoms. The molecule has 1 unspecified atom stereocenters. The van der Waals surface area contributed by atoms with Crippen LogP contribution in [0.4, 0.5) is 0 Å². The van der Waals surface area contributed by atoms with Gasteiger partial charge in [-0.2, -0.15) is 0 Å². The summed E-state index contributed by atoms with van der Waals surface area (Å²) >= 11 is 0. The van der Waals surface area contributed by atoms with Crippen LogP contribution in [-0.4, -0.2) is 42.4 Å². The van der Waals surface area contributed by atoms with Crippen LogP contribution in [0.1, 0.15) is 32.8 Å². The highest BCUT2D eigenvalue weighted by Gasteiger charge is 2.27. The number of benzene rings is 2. The zero-order valence-corrected chi connectivity index (χ0v) is 18.1. The monoisotopic (exact) mass is 408 g/mol. The number of hydrogen-bond acceptors (Lipinski definition) is 3. The fourth-order valence-corrected chi connectivity index (χ4v) is 3.46. The van der Waals surface area contributed by atoms with E-state index in [1.165, 1.54) is 0 Å². The van der Waals surface area contributed by atoms with Crippen LogP contribution >= 0.6 is 0 Å². The molecule has 1 atom stereocenters. The molecule has 1 amide bonds. The maximum atomic E-state index is 12.2. The second kappa shape index (κ2) is 10.7. The molecule has 1 saturated heterocycles. The lowest BCUT2D eigenvalue weighted by atomic mass is 10.2. The molecule has 1 fully saturated rings. The van der Waals surface area contributed by atoms with Crippen molar-refractivity contribution in [1.82, 2.24) is 15.5 Å². The van der Waals surface area contributed by atoms with Crippen molar-refractivity contribution in [3.8, 4) is 11.5 Å². The van der Waals surface area contributed by atoms with E-state index in [4.69, 9.17) is 9.73 Å². The van der Waals surface area contributed by atoms with Gasteiger partial charge in [-0.1, -0.05) is 44.2 Å². The van der Waals surface area contributed by atoms with Gasteiger partial charge in [-0.05, 0) is 43.2 Å². The number of ether oxygens (including phenoxy) is 1. The Hall–Kier alpha value is -3.02. The molecule has 3 rings (SSSR count). The standard InChI is InChI=1S/C24H32N4O2/c1-4-25-24(27-20-13-14-28(17-20)23(29)18(2)3)26-16-19-9-8-12-22(15-19)30-21-10-6-5-7-11-21/h5-12,15,18,20H,4,13-14,16-17H2,1-3H3,(H2,25,26,27). The van der Waals surface area contributed by atoms with Gasteiger partial charge in [0.05, 0.1) is 6.54 Å². The third-order valence-electron chi connectivity index (χ3n) is 4.98. The Morgan fingerprint density at radius 1 is 1.17 bits per heavy atom. The Morgan fingerprint density at radius 2 is 1.93 bits per heavy atom. The summed E-state index contributed by atoms with van der Waals surface area (Å²) in [5, 5.41) is 6.78. The summed E-state index contributed by atoms with van der Waals surface area (Å²) in [6.45, 7) is 8.80. The number of guanidine groups is 1. The lowest BCUT2D eigenvalue weighted by molar-refractivity contribution is -0.133. The number of carbonyl (C=O) groups excluding carboxylic acids is 1. The number of para-hydroxylation sites is 1. The van der Waals surface area contributed by atoms with Crippen molar-refractivity contribution in [2.45, 2.75) is 39.8 Å². The van der Waals surface area contributed by atoms with Crippen LogP contribution in [0.2, 0.25) is 0 Å². The first-order valence-electron chi connectivity index (χ1n) is 10.7. The zero-order chi connectivity index (χ0) is 21.3. The molecule has 2 aromatic carbocycles. The molecule has 1 heterocycles. The topological polar surface area (TPSA) is 66.0 Å². The van der Waals surface area contributed by atoms with E-state index < -0.39 is 0 Å². The Balaban J connectivity index is 1.60. The molecule has 6 heteroatoms. The number of amides is 1. The molecule has 2 N–H and O–H groups in total. The van der Waals surface area contributed by atoms with Crippen molar-refractivity contribution in [3.05, 3.63) is 60.2 Å². The average molecular weight is 409 g/mol. The predicted molar refractivity (Wildman–Crippen MR) is 121 cm³/mol. The first kappa shape index (κ1) is 21.7. The quantitative estimate of drug-likeness (QED) is 0.540. The van der Waals surface area contributed by atoms with E-state index >= 15 is 0 Å². The third kappa shape index (κ3) is 6.24. The van der Waals surface area contributed by atoms with Crippen molar-refractivity contribution < 1.29 is 9.53 Å². The molecule has 0 saturated carbocycles. The second-order valence-electron chi connectivity index (χ2n) is 7.83. The molecule has 0 radical (unpaired) electrons. The predicted octanol–water partition coefficient (Wildman–Crippen LogP) is 3.79. The molecule has 2 aromatic rings. The Morgan fingerprint density at radius 3 is 2.67 bits per heavy atom. The highest BCUT2D eigenvalue weighted by Crippen LogP contribution is 2.22. The zero-order valence-electron chi connectivity index (χ0n) is 18.1. The van der Waals surface area contributed by atoms with E-state index in [0.717, 1.165) is 49.1 Å². The lowest BCUT2D eigenvalue weighted by Crippen LogP contribution is -2.45. The van der Waals surface area contributed by atoms with Crippen LogP contribution in [0.25, 0.3) is 0 Å². The normalized spacial score (nSPS) is 16.6. The van der Waals surface area contributed by atoms with E-state index in [1.807, 2.05) is 73.3 Å². The summed E-state index contributed by atoms with van der Waals surface area (Å²) < 4.78 is 5.92. The van der Waals surface area contributed by atoms with Gasteiger partial charge >= 0.3 is 0 Å². The van der Waals surface area contributed by atoms with E-state index in [1.54, 1.807) is 0 Å². The smallest absolute Gasteiger partial charge is 0.225 e. The minimum Gasteiger partial charge on any atom is -0.457 e. The number of nitrogens with zero attached hydrogens (tertiary/aromatic N) is 2. The van der Waals surface area contributed by atoms with Crippen LogP contribution in [-0.2, 0) is 11.3 Å². The van der Waals surface area contributed by atoms with Gasteiger partial charge in [0, 0.05) is 31.6 Å². The van der Waals surface area contributed by atoms with E-state index in [9.17, 15) is 4.79 Å². The molecule has 0 spiro atoms. The summed E-state index contributed by atoms with van der Waals surface area (Å²) in [5.74, 6) is 2.64. The minimum atomic E-state index is 0.0380. The maximum absolute atomic E-state index is 12.2. The summed E-state index contributed by atoms with van der Waals surface area (Å²) in [6, 6.07) is 18.0. The average Bonchev–Trinajstić information content (AvgIpc) is 3.21. The van der Waals surface area contributed by atoms with Gasteiger partial charge < -0.3 is 20.3 Å². The van der Waals surface area contributed by atoms with Crippen molar-refractivity contribution >= 4 is 11.9 Å². The fourth-order valence-electron chi connectivity index (χ4n) is 3.46. The van der Waals surface area contributed by atoms with E-state index in [2.05, 4.69) is 17.6 Å². The first-order chi connectivity index (χ1) is 14.5. The molecule has 0 aliphatic carbocycles. The largest absolute Gasteiger partial charge is 0.457 e. The first-order valence-corrected chi connectivity index (χ1v) is 10.7. The van der Waals surface area contributed by atoms with Gasteiger partial charge in [-0.15, -0.1) is 0 Å². The van der Waals surface area contributed by atoms with Gasteiger partial charge in [-0.25, -0.2) is 4.99 Å². The Labute approximate surface area is 179 Å². The highest BCUT2D eigenvalue weighted by atomic mass is 16.5. The molecule has 0 aromatic heterocycles. The summed E-state index contributed by atoms with van der Waals surface area (Å²) in [5.41, 5.74) is 1.07. The van der Waals surface area contributed by atoms with Gasteiger partial charge in [0.1, 0.15) is 11.5 Å². The van der Waals surface area contributed by atoms with Crippen LogP contribution in [0.5, 0.6) is 11.5 Å². The number of nitrogens with one attached hydrogen (secondary N) is 2. The summed E-state index contributed by atoms with van der Waals surface area (Å²) in [4.78, 5) is 18.9. The van der Waals surface area contributed by atoms with Gasteiger partial charge in [0.25, 0.3) is 0 Å². The van der Waals surface area contributed by atoms with Gasteiger partial charge in [0.15, 0.2) is 5.96 Å². The molecule has 0 bridgehead atoms. The molecule has 1 aliphatic rings. The third-order valence-corrected chi connectivity index (χ3v) is 4.98. The minimum absolute atomic E-state index is 0.0380. The van der Waals surface area contributed by atoms with E-state index in [0.29, 0.717) is 6.54 Å². The van der Waals surface area contributed by atoms with Gasteiger partial charge in [0.2, 0.25) is 5.91 Å². The maximum Gasteiger partial charge on any atom is 0.225 e. The highest BCUT2D eigenvalue weighted by molar-refractivity contribution is 5.81. The van der Waals surface area contributed by atoms with Crippen LogP contribution in [0.15, 0.2) is 59.6 Å². The van der Waals surface area contributed by atoms with Crippen molar-refractivity contribution in [2.24, 2.45) is 10.9 Å². The number of aliphatic imine (C=N–C) groups is 1. The SMILES string of the molecule is CCNC(=NCc1cccc(Oc2ccccc2)c1)NC1CCN(C(=O)C(C)C)C1.